The second-order valence-electron chi connectivity index (χ2n) is 5.76. The fraction of sp³-hybridized carbons (Fsp3) is 0.857. The topological polar surface area (TPSA) is 15.3 Å². The second-order valence-corrected chi connectivity index (χ2v) is 5.76. The van der Waals surface area contributed by atoms with Crippen LogP contribution >= 0.6 is 0 Å². The molecule has 0 aliphatic carbocycles. The van der Waals surface area contributed by atoms with Gasteiger partial charge in [0.15, 0.2) is 0 Å². The van der Waals surface area contributed by atoms with Crippen molar-refractivity contribution in [3.05, 3.63) is 12.3 Å². The van der Waals surface area contributed by atoms with Gasteiger partial charge in [-0.2, -0.15) is 0 Å². The first-order valence-electron chi connectivity index (χ1n) is 6.79. The Kier molecular flexibility index (Phi) is 3.58. The number of nitrogens with zero attached hydrogens (tertiary/aromatic N) is 1. The van der Waals surface area contributed by atoms with Gasteiger partial charge in [0, 0.05) is 18.8 Å². The van der Waals surface area contributed by atoms with Gasteiger partial charge in [-0.3, -0.25) is 0 Å². The van der Waals surface area contributed by atoms with E-state index in [1.165, 1.54) is 51.1 Å². The molecular formula is C14H26N2. The fourth-order valence-electron chi connectivity index (χ4n) is 3.25. The summed E-state index contributed by atoms with van der Waals surface area (Å²) in [7, 11) is 0. The van der Waals surface area contributed by atoms with Crippen LogP contribution in [0.5, 0.6) is 0 Å². The Morgan fingerprint density at radius 1 is 1.44 bits per heavy atom. The number of piperidine rings is 1. The molecule has 1 atom stereocenters. The lowest BCUT2D eigenvalue weighted by Gasteiger charge is -2.39. The Balaban J connectivity index is 1.94. The monoisotopic (exact) mass is 222 g/mol. The summed E-state index contributed by atoms with van der Waals surface area (Å²) in [6.07, 6.45) is 5.18. The maximum atomic E-state index is 4.17. The van der Waals surface area contributed by atoms with Crippen LogP contribution in [0.4, 0.5) is 0 Å². The minimum absolute atomic E-state index is 0.577. The molecule has 92 valence electrons. The number of nitrogens with one attached hydrogen (secondary N) is 1. The summed E-state index contributed by atoms with van der Waals surface area (Å²) in [4.78, 5) is 2.51. The van der Waals surface area contributed by atoms with E-state index in [4.69, 9.17) is 0 Å². The van der Waals surface area contributed by atoms with Crippen LogP contribution in [0.1, 0.15) is 39.5 Å². The van der Waals surface area contributed by atoms with Gasteiger partial charge in [-0.25, -0.2) is 0 Å². The zero-order valence-electron chi connectivity index (χ0n) is 10.9. The number of allylic oxidation sites excluding steroid dienone is 1. The van der Waals surface area contributed by atoms with Crippen molar-refractivity contribution in [3.8, 4) is 0 Å². The minimum Gasteiger partial charge on any atom is -0.375 e. The van der Waals surface area contributed by atoms with Crippen LogP contribution < -0.4 is 5.32 Å². The maximum Gasteiger partial charge on any atom is 0.0209 e. The molecule has 0 aromatic heterocycles. The molecule has 2 rings (SSSR count). The summed E-state index contributed by atoms with van der Waals surface area (Å²) < 4.78 is 0. The highest BCUT2D eigenvalue weighted by molar-refractivity contribution is 5.00. The number of hydrogen-bond acceptors (Lipinski definition) is 2. The second kappa shape index (κ2) is 4.79. The molecule has 16 heavy (non-hydrogen) atoms. The van der Waals surface area contributed by atoms with Gasteiger partial charge in [0.1, 0.15) is 0 Å². The first-order chi connectivity index (χ1) is 7.65. The predicted molar refractivity (Wildman–Crippen MR) is 69.3 cm³/mol. The van der Waals surface area contributed by atoms with E-state index in [0.717, 1.165) is 12.3 Å². The van der Waals surface area contributed by atoms with Crippen LogP contribution in [0, 0.1) is 11.3 Å². The van der Waals surface area contributed by atoms with Crippen molar-refractivity contribution in [2.24, 2.45) is 11.3 Å². The molecule has 2 fully saturated rings. The molecule has 0 saturated carbocycles. The summed E-state index contributed by atoms with van der Waals surface area (Å²) in [5.41, 5.74) is 1.91. The van der Waals surface area contributed by atoms with Crippen LogP contribution in [0.25, 0.3) is 0 Å². The van der Waals surface area contributed by atoms with Gasteiger partial charge in [-0.1, -0.05) is 20.4 Å². The Morgan fingerprint density at radius 3 is 2.75 bits per heavy atom. The van der Waals surface area contributed by atoms with Gasteiger partial charge in [0.25, 0.3) is 0 Å². The minimum atomic E-state index is 0.577. The Morgan fingerprint density at radius 2 is 2.12 bits per heavy atom. The first kappa shape index (κ1) is 12.0. The van der Waals surface area contributed by atoms with Gasteiger partial charge in [-0.05, 0) is 50.1 Å². The first-order valence-corrected chi connectivity index (χ1v) is 6.79. The fourth-order valence-corrected chi connectivity index (χ4v) is 3.25. The molecular weight excluding hydrogens is 196 g/mol. The Hall–Kier alpha value is -0.500. The number of likely N-dealkylation sites (tertiary alicyclic amines) is 1. The van der Waals surface area contributed by atoms with E-state index in [9.17, 15) is 0 Å². The van der Waals surface area contributed by atoms with Crippen molar-refractivity contribution in [2.75, 3.05) is 26.2 Å². The quantitative estimate of drug-likeness (QED) is 0.789. The Bertz CT molecular complexity index is 253. The van der Waals surface area contributed by atoms with Gasteiger partial charge in [-0.15, -0.1) is 0 Å². The molecule has 2 aliphatic rings. The summed E-state index contributed by atoms with van der Waals surface area (Å²) in [6.45, 7) is 13.8. The van der Waals surface area contributed by atoms with Gasteiger partial charge >= 0.3 is 0 Å². The predicted octanol–water partition coefficient (Wildman–Crippen LogP) is 2.62. The molecule has 0 radical (unpaired) electrons. The highest BCUT2D eigenvalue weighted by atomic mass is 15.2. The van der Waals surface area contributed by atoms with E-state index in [-0.39, 0.29) is 0 Å². The van der Waals surface area contributed by atoms with E-state index >= 15 is 0 Å². The SMILES string of the molecule is C=C(CC)N1CCC(C2(C)CCNCC2)C1. The van der Waals surface area contributed by atoms with Gasteiger partial charge in [0.2, 0.25) is 0 Å². The number of hydrogen-bond donors (Lipinski definition) is 1. The van der Waals surface area contributed by atoms with E-state index in [1.54, 1.807) is 0 Å². The Labute approximate surface area is 100 Å². The van der Waals surface area contributed by atoms with Crippen molar-refractivity contribution < 1.29 is 0 Å². The van der Waals surface area contributed by atoms with Crippen molar-refractivity contribution in [3.63, 3.8) is 0 Å². The summed E-state index contributed by atoms with van der Waals surface area (Å²) >= 11 is 0. The van der Waals surface area contributed by atoms with E-state index in [1.807, 2.05) is 0 Å². The molecule has 2 aliphatic heterocycles. The average molecular weight is 222 g/mol. The third-order valence-electron chi connectivity index (χ3n) is 4.77. The van der Waals surface area contributed by atoms with Crippen molar-refractivity contribution in [1.82, 2.24) is 10.2 Å². The van der Waals surface area contributed by atoms with Crippen LogP contribution in [-0.2, 0) is 0 Å². The maximum absolute atomic E-state index is 4.17. The summed E-state index contributed by atoms with van der Waals surface area (Å²) in [5, 5.41) is 3.48. The van der Waals surface area contributed by atoms with Crippen molar-refractivity contribution >= 4 is 0 Å². The molecule has 0 spiro atoms. The highest BCUT2D eigenvalue weighted by Crippen LogP contribution is 2.42. The third-order valence-corrected chi connectivity index (χ3v) is 4.77. The van der Waals surface area contributed by atoms with Crippen LogP contribution in [-0.4, -0.2) is 31.1 Å². The van der Waals surface area contributed by atoms with Crippen molar-refractivity contribution in [2.45, 2.75) is 39.5 Å². The molecule has 0 amide bonds. The van der Waals surface area contributed by atoms with E-state index in [2.05, 4.69) is 30.6 Å². The zero-order chi connectivity index (χ0) is 11.6. The molecule has 0 aromatic rings. The lowest BCUT2D eigenvalue weighted by atomic mass is 9.70. The molecule has 0 aromatic carbocycles. The molecule has 2 saturated heterocycles. The van der Waals surface area contributed by atoms with Crippen LogP contribution in [0.3, 0.4) is 0 Å². The largest absolute Gasteiger partial charge is 0.375 e. The van der Waals surface area contributed by atoms with E-state index < -0.39 is 0 Å². The molecule has 1 N–H and O–H groups in total. The lowest BCUT2D eigenvalue weighted by molar-refractivity contribution is 0.134. The molecule has 1 unspecified atom stereocenters. The van der Waals surface area contributed by atoms with Crippen LogP contribution in [0.15, 0.2) is 12.3 Å². The highest BCUT2D eigenvalue weighted by Gasteiger charge is 2.39. The molecule has 2 heteroatoms. The average Bonchev–Trinajstić information content (AvgIpc) is 2.79. The molecule has 2 heterocycles. The summed E-state index contributed by atoms with van der Waals surface area (Å²) in [6, 6.07) is 0. The lowest BCUT2D eigenvalue weighted by Crippen LogP contribution is -2.40. The van der Waals surface area contributed by atoms with Crippen molar-refractivity contribution in [1.29, 1.82) is 0 Å². The molecule has 2 nitrogen and oxygen atoms in total. The normalized spacial score (nSPS) is 29.4. The standard InChI is InChI=1S/C14H26N2/c1-4-12(2)16-10-5-13(11-16)14(3)6-8-15-9-7-14/h13,15H,2,4-11H2,1,3H3. The van der Waals surface area contributed by atoms with E-state index in [0.29, 0.717) is 5.41 Å². The molecule has 0 bridgehead atoms. The van der Waals surface area contributed by atoms with Crippen LogP contribution in [0.2, 0.25) is 0 Å². The zero-order valence-corrected chi connectivity index (χ0v) is 10.9. The smallest absolute Gasteiger partial charge is 0.0209 e. The van der Waals surface area contributed by atoms with Gasteiger partial charge in [0.05, 0.1) is 0 Å². The number of rotatable bonds is 3. The summed E-state index contributed by atoms with van der Waals surface area (Å²) in [5.74, 6) is 0.887. The van der Waals surface area contributed by atoms with Gasteiger partial charge < -0.3 is 10.2 Å². The third kappa shape index (κ3) is 2.27.